The zero-order valence-corrected chi connectivity index (χ0v) is 7.98. The molecule has 0 radical (unpaired) electrons. The predicted molar refractivity (Wildman–Crippen MR) is 57.0 cm³/mol. The molecule has 1 nitrogen and oxygen atoms in total. The van der Waals surface area contributed by atoms with E-state index in [1.54, 1.807) is 0 Å². The average molecular weight is 173 g/mol. The van der Waals surface area contributed by atoms with Crippen LogP contribution in [0, 0.1) is 0 Å². The molecule has 0 saturated carbocycles. The highest BCUT2D eigenvalue weighted by Crippen LogP contribution is 2.20. The van der Waals surface area contributed by atoms with E-state index in [2.05, 4.69) is 54.3 Å². The first-order valence-electron chi connectivity index (χ1n) is 4.84. The van der Waals surface area contributed by atoms with Crippen LogP contribution in [0.25, 0.3) is 0 Å². The van der Waals surface area contributed by atoms with Crippen molar-refractivity contribution in [2.45, 2.75) is 19.4 Å². The van der Waals surface area contributed by atoms with Gasteiger partial charge < -0.3 is 4.90 Å². The molecule has 0 fully saturated rings. The summed E-state index contributed by atoms with van der Waals surface area (Å²) < 4.78 is 0. The number of hydrogen-bond donors (Lipinski definition) is 0. The third kappa shape index (κ3) is 1.74. The second kappa shape index (κ2) is 3.65. The summed E-state index contributed by atoms with van der Waals surface area (Å²) in [5.74, 6) is 0. The van der Waals surface area contributed by atoms with Gasteiger partial charge in [-0.05, 0) is 25.5 Å². The molecular formula is C12H15N. The SMILES string of the molecule is CC1CC=CCN1c1ccccc1. The van der Waals surface area contributed by atoms with Gasteiger partial charge in [-0.1, -0.05) is 30.4 Å². The third-order valence-corrected chi connectivity index (χ3v) is 2.57. The molecule has 0 aromatic heterocycles. The molecule has 1 aromatic rings. The van der Waals surface area contributed by atoms with Gasteiger partial charge in [0.05, 0.1) is 0 Å². The first-order chi connectivity index (χ1) is 6.38. The zero-order valence-electron chi connectivity index (χ0n) is 7.98. The van der Waals surface area contributed by atoms with Crippen molar-refractivity contribution in [1.82, 2.24) is 0 Å². The summed E-state index contributed by atoms with van der Waals surface area (Å²) in [6.45, 7) is 3.32. The Kier molecular flexibility index (Phi) is 2.35. The maximum atomic E-state index is 2.43. The van der Waals surface area contributed by atoms with Gasteiger partial charge in [0.2, 0.25) is 0 Å². The first-order valence-corrected chi connectivity index (χ1v) is 4.84. The average Bonchev–Trinajstić information content (AvgIpc) is 2.20. The van der Waals surface area contributed by atoms with E-state index in [9.17, 15) is 0 Å². The number of rotatable bonds is 1. The summed E-state index contributed by atoms with van der Waals surface area (Å²) in [4.78, 5) is 2.43. The molecular weight excluding hydrogens is 158 g/mol. The molecule has 0 amide bonds. The predicted octanol–water partition coefficient (Wildman–Crippen LogP) is 2.84. The standard InChI is InChI=1S/C12H15N/c1-11-7-5-6-10-13(11)12-8-3-2-4-9-12/h2-6,8-9,11H,7,10H2,1H3. The molecule has 13 heavy (non-hydrogen) atoms. The van der Waals surface area contributed by atoms with Crippen molar-refractivity contribution in [2.75, 3.05) is 11.4 Å². The van der Waals surface area contributed by atoms with Crippen molar-refractivity contribution in [1.29, 1.82) is 0 Å². The topological polar surface area (TPSA) is 3.24 Å². The van der Waals surface area contributed by atoms with Crippen molar-refractivity contribution >= 4 is 5.69 Å². The summed E-state index contributed by atoms with van der Waals surface area (Å²) in [6.07, 6.45) is 5.67. The zero-order chi connectivity index (χ0) is 9.10. The molecule has 0 N–H and O–H groups in total. The minimum Gasteiger partial charge on any atom is -0.365 e. The Balaban J connectivity index is 2.21. The molecule has 0 aliphatic carbocycles. The minimum atomic E-state index is 0.632. The number of hydrogen-bond acceptors (Lipinski definition) is 1. The molecule has 0 bridgehead atoms. The van der Waals surface area contributed by atoms with Gasteiger partial charge in [-0.25, -0.2) is 0 Å². The van der Waals surface area contributed by atoms with E-state index in [1.165, 1.54) is 5.69 Å². The van der Waals surface area contributed by atoms with E-state index in [1.807, 2.05) is 0 Å². The van der Waals surface area contributed by atoms with Crippen molar-refractivity contribution in [3.8, 4) is 0 Å². The highest BCUT2D eigenvalue weighted by molar-refractivity contribution is 5.48. The number of nitrogens with zero attached hydrogens (tertiary/aromatic N) is 1. The molecule has 68 valence electrons. The Bertz CT molecular complexity index is 289. The van der Waals surface area contributed by atoms with Crippen LogP contribution < -0.4 is 4.90 Å². The normalized spacial score (nSPS) is 21.9. The van der Waals surface area contributed by atoms with E-state index in [-0.39, 0.29) is 0 Å². The lowest BCUT2D eigenvalue weighted by molar-refractivity contribution is 0.651. The number of para-hydroxylation sites is 1. The Labute approximate surface area is 79.7 Å². The summed E-state index contributed by atoms with van der Waals surface area (Å²) in [7, 11) is 0. The van der Waals surface area contributed by atoms with Crippen LogP contribution in [0.4, 0.5) is 5.69 Å². The van der Waals surface area contributed by atoms with Gasteiger partial charge in [0, 0.05) is 18.3 Å². The van der Waals surface area contributed by atoms with Crippen LogP contribution >= 0.6 is 0 Å². The van der Waals surface area contributed by atoms with E-state index in [0.717, 1.165) is 13.0 Å². The fourth-order valence-electron chi connectivity index (χ4n) is 1.77. The van der Waals surface area contributed by atoms with Gasteiger partial charge in [0.15, 0.2) is 0 Å². The van der Waals surface area contributed by atoms with Gasteiger partial charge in [-0.15, -0.1) is 0 Å². The Morgan fingerprint density at radius 1 is 1.15 bits per heavy atom. The molecule has 1 atom stereocenters. The molecule has 1 unspecified atom stereocenters. The van der Waals surface area contributed by atoms with E-state index >= 15 is 0 Å². The first kappa shape index (κ1) is 8.36. The van der Waals surface area contributed by atoms with Crippen molar-refractivity contribution in [3.63, 3.8) is 0 Å². The monoisotopic (exact) mass is 173 g/mol. The lowest BCUT2D eigenvalue weighted by Gasteiger charge is -2.32. The van der Waals surface area contributed by atoms with Gasteiger partial charge >= 0.3 is 0 Å². The van der Waals surface area contributed by atoms with Crippen molar-refractivity contribution < 1.29 is 0 Å². The second-order valence-electron chi connectivity index (χ2n) is 3.54. The number of anilines is 1. The van der Waals surface area contributed by atoms with Gasteiger partial charge in [-0.2, -0.15) is 0 Å². The highest BCUT2D eigenvalue weighted by Gasteiger charge is 2.14. The minimum absolute atomic E-state index is 0.632. The van der Waals surface area contributed by atoms with Crippen LogP contribution in [0.5, 0.6) is 0 Å². The van der Waals surface area contributed by atoms with E-state index in [4.69, 9.17) is 0 Å². The van der Waals surface area contributed by atoms with E-state index < -0.39 is 0 Å². The lowest BCUT2D eigenvalue weighted by Crippen LogP contribution is -2.35. The van der Waals surface area contributed by atoms with Crippen molar-refractivity contribution in [2.24, 2.45) is 0 Å². The van der Waals surface area contributed by atoms with Gasteiger partial charge in [0.25, 0.3) is 0 Å². The lowest BCUT2D eigenvalue weighted by atomic mass is 10.1. The molecule has 1 heteroatoms. The molecule has 1 heterocycles. The molecule has 0 spiro atoms. The number of benzene rings is 1. The molecule has 0 saturated heterocycles. The highest BCUT2D eigenvalue weighted by atomic mass is 15.2. The van der Waals surface area contributed by atoms with Crippen LogP contribution in [0.15, 0.2) is 42.5 Å². The van der Waals surface area contributed by atoms with Crippen LogP contribution in [0.3, 0.4) is 0 Å². The summed E-state index contributed by atoms with van der Waals surface area (Å²) >= 11 is 0. The maximum absolute atomic E-state index is 2.43. The fourth-order valence-corrected chi connectivity index (χ4v) is 1.77. The maximum Gasteiger partial charge on any atom is 0.0371 e. The van der Waals surface area contributed by atoms with Crippen molar-refractivity contribution in [3.05, 3.63) is 42.5 Å². The van der Waals surface area contributed by atoms with Gasteiger partial charge in [-0.3, -0.25) is 0 Å². The fraction of sp³-hybridized carbons (Fsp3) is 0.333. The second-order valence-corrected chi connectivity index (χ2v) is 3.54. The largest absolute Gasteiger partial charge is 0.365 e. The van der Waals surface area contributed by atoms with Crippen LogP contribution in [0.2, 0.25) is 0 Å². The smallest absolute Gasteiger partial charge is 0.0371 e. The molecule has 1 aliphatic heterocycles. The van der Waals surface area contributed by atoms with E-state index in [0.29, 0.717) is 6.04 Å². The summed E-state index contributed by atoms with van der Waals surface area (Å²) in [6, 6.07) is 11.2. The Morgan fingerprint density at radius 2 is 1.92 bits per heavy atom. The Hall–Kier alpha value is -1.24. The molecule has 1 aromatic carbocycles. The summed E-state index contributed by atoms with van der Waals surface area (Å²) in [5.41, 5.74) is 1.33. The molecule has 1 aliphatic rings. The van der Waals surface area contributed by atoms with Crippen LogP contribution in [0.1, 0.15) is 13.3 Å². The Morgan fingerprint density at radius 3 is 2.62 bits per heavy atom. The van der Waals surface area contributed by atoms with Gasteiger partial charge in [0.1, 0.15) is 0 Å². The van der Waals surface area contributed by atoms with Crippen LogP contribution in [-0.2, 0) is 0 Å². The summed E-state index contributed by atoms with van der Waals surface area (Å²) in [5, 5.41) is 0. The van der Waals surface area contributed by atoms with Crippen LogP contribution in [-0.4, -0.2) is 12.6 Å². The third-order valence-electron chi connectivity index (χ3n) is 2.57. The quantitative estimate of drug-likeness (QED) is 0.590. The molecule has 2 rings (SSSR count).